The van der Waals surface area contributed by atoms with Crippen molar-refractivity contribution in [2.24, 2.45) is 0 Å². The summed E-state index contributed by atoms with van der Waals surface area (Å²) in [7, 11) is 1.61. The number of pyridine rings is 1. The normalized spacial score (nSPS) is 15.0. The second-order valence-corrected chi connectivity index (χ2v) is 5.66. The van der Waals surface area contributed by atoms with Gasteiger partial charge in [0.1, 0.15) is 17.6 Å². The number of nitrogens with zero attached hydrogens (tertiary/aromatic N) is 2. The Kier molecular flexibility index (Phi) is 5.15. The van der Waals surface area contributed by atoms with E-state index in [1.807, 2.05) is 35.2 Å². The van der Waals surface area contributed by atoms with Crippen LogP contribution >= 0.6 is 0 Å². The molecule has 24 heavy (non-hydrogen) atoms. The van der Waals surface area contributed by atoms with Gasteiger partial charge in [0.15, 0.2) is 0 Å². The number of urea groups is 1. The zero-order valence-corrected chi connectivity index (χ0v) is 13.6. The number of anilines is 1. The highest BCUT2D eigenvalue weighted by atomic mass is 16.5. The van der Waals surface area contributed by atoms with E-state index in [1.54, 1.807) is 25.6 Å². The van der Waals surface area contributed by atoms with Crippen molar-refractivity contribution < 1.29 is 14.3 Å². The molecule has 0 unspecified atom stereocenters. The number of hydrogen-bond acceptors (Lipinski definition) is 4. The molecule has 0 spiro atoms. The predicted molar refractivity (Wildman–Crippen MR) is 91.5 cm³/mol. The van der Waals surface area contributed by atoms with Gasteiger partial charge >= 0.3 is 6.03 Å². The van der Waals surface area contributed by atoms with E-state index >= 15 is 0 Å². The van der Waals surface area contributed by atoms with E-state index in [1.165, 1.54) is 0 Å². The van der Waals surface area contributed by atoms with Gasteiger partial charge in [-0.2, -0.15) is 0 Å². The summed E-state index contributed by atoms with van der Waals surface area (Å²) in [6.45, 7) is 1.33. The van der Waals surface area contributed by atoms with Gasteiger partial charge in [0.05, 0.1) is 13.3 Å². The van der Waals surface area contributed by atoms with Crippen molar-refractivity contribution in [3.05, 3.63) is 48.8 Å². The van der Waals surface area contributed by atoms with Crippen LogP contribution in [0.1, 0.15) is 12.8 Å². The lowest BCUT2D eigenvalue weighted by molar-refractivity contribution is 0.115. The summed E-state index contributed by atoms with van der Waals surface area (Å²) in [5.41, 5.74) is 0.730. The van der Waals surface area contributed by atoms with Crippen molar-refractivity contribution in [1.82, 2.24) is 9.88 Å². The molecule has 3 rings (SSSR count). The van der Waals surface area contributed by atoms with Crippen LogP contribution in [0.2, 0.25) is 0 Å². The molecular formula is C18H21N3O3. The molecule has 1 fully saturated rings. The maximum absolute atomic E-state index is 12.4. The third kappa shape index (κ3) is 4.16. The van der Waals surface area contributed by atoms with Crippen molar-refractivity contribution in [2.75, 3.05) is 25.5 Å². The summed E-state index contributed by atoms with van der Waals surface area (Å²) in [5.74, 6) is 1.49. The summed E-state index contributed by atoms with van der Waals surface area (Å²) in [5, 5.41) is 2.91. The molecular weight excluding hydrogens is 306 g/mol. The second-order valence-electron chi connectivity index (χ2n) is 5.66. The highest BCUT2D eigenvalue weighted by molar-refractivity contribution is 5.89. The first kappa shape index (κ1) is 16.1. The van der Waals surface area contributed by atoms with Crippen molar-refractivity contribution >= 4 is 11.7 Å². The van der Waals surface area contributed by atoms with Gasteiger partial charge in [-0.1, -0.05) is 6.07 Å². The third-order valence-corrected chi connectivity index (χ3v) is 3.99. The second kappa shape index (κ2) is 7.68. The average Bonchev–Trinajstić information content (AvgIpc) is 2.63. The van der Waals surface area contributed by atoms with Gasteiger partial charge in [0.2, 0.25) is 0 Å². The highest BCUT2D eigenvalue weighted by Crippen LogP contribution is 2.20. The molecule has 6 heteroatoms. The van der Waals surface area contributed by atoms with Gasteiger partial charge in [0.25, 0.3) is 0 Å². The van der Waals surface area contributed by atoms with Crippen LogP contribution in [0.3, 0.4) is 0 Å². The van der Waals surface area contributed by atoms with Gasteiger partial charge in [-0.25, -0.2) is 4.79 Å². The van der Waals surface area contributed by atoms with Crippen LogP contribution in [-0.2, 0) is 0 Å². The van der Waals surface area contributed by atoms with Crippen LogP contribution in [0.4, 0.5) is 10.5 Å². The quantitative estimate of drug-likeness (QED) is 0.937. The Balaban J connectivity index is 1.49. The fraction of sp³-hybridized carbons (Fsp3) is 0.333. The first-order valence-electron chi connectivity index (χ1n) is 8.01. The van der Waals surface area contributed by atoms with Crippen LogP contribution in [-0.4, -0.2) is 42.2 Å². The minimum atomic E-state index is -0.0944. The number of benzene rings is 1. The highest BCUT2D eigenvalue weighted by Gasteiger charge is 2.24. The number of aromatic nitrogens is 1. The predicted octanol–water partition coefficient (Wildman–Crippen LogP) is 3.17. The number of hydrogen-bond donors (Lipinski definition) is 1. The number of piperidine rings is 1. The average molecular weight is 327 g/mol. The van der Waals surface area contributed by atoms with E-state index in [4.69, 9.17) is 9.47 Å². The number of carbonyl (C=O) groups excluding carboxylic acids is 1. The summed E-state index contributed by atoms with van der Waals surface area (Å²) in [4.78, 5) is 18.2. The molecule has 6 nitrogen and oxygen atoms in total. The molecule has 1 aliphatic rings. The van der Waals surface area contributed by atoms with Gasteiger partial charge in [-0.15, -0.1) is 0 Å². The maximum atomic E-state index is 12.4. The van der Waals surface area contributed by atoms with E-state index in [9.17, 15) is 4.79 Å². The number of ether oxygens (including phenoxy) is 2. The Hall–Kier alpha value is -2.76. The molecule has 0 radical (unpaired) electrons. The van der Waals surface area contributed by atoms with E-state index < -0.39 is 0 Å². The van der Waals surface area contributed by atoms with E-state index in [0.29, 0.717) is 13.1 Å². The Bertz CT molecular complexity index is 670. The van der Waals surface area contributed by atoms with Gasteiger partial charge in [0, 0.05) is 43.9 Å². The van der Waals surface area contributed by atoms with Crippen molar-refractivity contribution in [1.29, 1.82) is 0 Å². The molecule has 0 bridgehead atoms. The van der Waals surface area contributed by atoms with Crippen LogP contribution in [0.15, 0.2) is 48.8 Å². The standard InChI is InChI=1S/C18H21N3O3/c1-23-16-5-2-4-14(12-16)20-18(22)21-10-7-15(8-11-21)24-17-6-3-9-19-13-17/h2-6,9,12-13,15H,7-8,10-11H2,1H3,(H,20,22). The molecule has 1 aromatic carbocycles. The SMILES string of the molecule is COc1cccc(NC(=O)N2CCC(Oc3cccnc3)CC2)c1. The molecule has 2 aromatic rings. The van der Waals surface area contributed by atoms with E-state index in [0.717, 1.165) is 30.0 Å². The van der Waals surface area contributed by atoms with Crippen molar-refractivity contribution in [2.45, 2.75) is 18.9 Å². The zero-order valence-electron chi connectivity index (χ0n) is 13.6. The molecule has 1 N–H and O–H groups in total. The number of nitrogens with one attached hydrogen (secondary N) is 1. The summed E-state index contributed by atoms with van der Waals surface area (Å²) in [6, 6.07) is 11.0. The molecule has 2 amide bonds. The minimum Gasteiger partial charge on any atom is -0.497 e. The largest absolute Gasteiger partial charge is 0.497 e. The lowest BCUT2D eigenvalue weighted by Crippen LogP contribution is -2.43. The Morgan fingerprint density at radius 2 is 2.00 bits per heavy atom. The van der Waals surface area contributed by atoms with Gasteiger partial charge < -0.3 is 19.7 Å². The van der Waals surface area contributed by atoms with Crippen LogP contribution in [0.25, 0.3) is 0 Å². The monoisotopic (exact) mass is 327 g/mol. The zero-order chi connectivity index (χ0) is 16.8. The maximum Gasteiger partial charge on any atom is 0.321 e. The van der Waals surface area contributed by atoms with Crippen LogP contribution in [0.5, 0.6) is 11.5 Å². The number of methoxy groups -OCH3 is 1. The summed E-state index contributed by atoms with van der Waals surface area (Å²) in [6.07, 6.45) is 5.16. The first-order chi connectivity index (χ1) is 11.7. The van der Waals surface area contributed by atoms with Gasteiger partial charge in [-0.3, -0.25) is 4.98 Å². The molecule has 1 saturated heterocycles. The van der Waals surface area contributed by atoms with Crippen LogP contribution in [0, 0.1) is 0 Å². The Labute approximate surface area is 141 Å². The lowest BCUT2D eigenvalue weighted by atomic mass is 10.1. The summed E-state index contributed by atoms with van der Waals surface area (Å²) < 4.78 is 11.1. The van der Waals surface area contributed by atoms with Crippen molar-refractivity contribution in [3.8, 4) is 11.5 Å². The van der Waals surface area contributed by atoms with E-state index in [2.05, 4.69) is 10.3 Å². The molecule has 1 aliphatic heterocycles. The Morgan fingerprint density at radius 1 is 1.21 bits per heavy atom. The van der Waals surface area contributed by atoms with Crippen molar-refractivity contribution in [3.63, 3.8) is 0 Å². The fourth-order valence-corrected chi connectivity index (χ4v) is 2.69. The number of amides is 2. The van der Waals surface area contributed by atoms with Gasteiger partial charge in [-0.05, 0) is 24.3 Å². The molecule has 126 valence electrons. The number of likely N-dealkylation sites (tertiary alicyclic amines) is 1. The molecule has 1 aromatic heterocycles. The lowest BCUT2D eigenvalue weighted by Gasteiger charge is -2.32. The topological polar surface area (TPSA) is 63.7 Å². The molecule has 0 saturated carbocycles. The minimum absolute atomic E-state index is 0.0944. The van der Waals surface area contributed by atoms with Crippen LogP contribution < -0.4 is 14.8 Å². The molecule has 2 heterocycles. The third-order valence-electron chi connectivity index (χ3n) is 3.99. The van der Waals surface area contributed by atoms with E-state index in [-0.39, 0.29) is 12.1 Å². The fourth-order valence-electron chi connectivity index (χ4n) is 2.69. The Morgan fingerprint density at radius 3 is 2.71 bits per heavy atom. The first-order valence-corrected chi connectivity index (χ1v) is 8.01. The molecule has 0 atom stereocenters. The molecule has 0 aliphatic carbocycles. The summed E-state index contributed by atoms with van der Waals surface area (Å²) >= 11 is 0. The smallest absolute Gasteiger partial charge is 0.321 e. The number of rotatable bonds is 4. The number of carbonyl (C=O) groups is 1.